The Hall–Kier alpha value is -0.860. The molecule has 0 radical (unpaired) electrons. The lowest BCUT2D eigenvalue weighted by Gasteiger charge is -2.25. The van der Waals surface area contributed by atoms with Crippen LogP contribution in [0.2, 0.25) is 0 Å². The first kappa shape index (κ1) is 10.7. The molecule has 2 aliphatic rings. The average molecular weight is 204 g/mol. The molecule has 0 spiro atoms. The number of rotatable bonds is 3. The van der Waals surface area contributed by atoms with E-state index in [1.54, 1.807) is 0 Å². The van der Waals surface area contributed by atoms with Gasteiger partial charge in [-0.25, -0.2) is 0 Å². The molecule has 0 saturated carbocycles. The van der Waals surface area contributed by atoms with Crippen molar-refractivity contribution in [1.29, 1.82) is 0 Å². The fraction of sp³-hybridized carbons (Fsp3) is 0.538. The van der Waals surface area contributed by atoms with Crippen LogP contribution in [0, 0.1) is 0 Å². The summed E-state index contributed by atoms with van der Waals surface area (Å²) in [5, 5.41) is 3.37. The maximum atomic E-state index is 3.37. The zero-order valence-electron chi connectivity index (χ0n) is 9.28. The molecular formula is C13H20N2. The Labute approximate surface area is 92.3 Å². The quantitative estimate of drug-likeness (QED) is 0.753. The van der Waals surface area contributed by atoms with Gasteiger partial charge in [-0.15, -0.1) is 0 Å². The number of hydrogen-bond acceptors (Lipinski definition) is 2. The first-order chi connectivity index (χ1) is 7.45. The van der Waals surface area contributed by atoms with Crippen LogP contribution in [-0.2, 0) is 0 Å². The van der Waals surface area contributed by atoms with Gasteiger partial charge < -0.3 is 5.32 Å². The molecule has 0 atom stereocenters. The smallest absolute Gasteiger partial charge is 0.0167 e. The van der Waals surface area contributed by atoms with Gasteiger partial charge in [-0.1, -0.05) is 30.4 Å². The summed E-state index contributed by atoms with van der Waals surface area (Å²) >= 11 is 0. The van der Waals surface area contributed by atoms with Crippen molar-refractivity contribution < 1.29 is 0 Å². The van der Waals surface area contributed by atoms with Crippen LogP contribution < -0.4 is 5.32 Å². The first-order valence-electron chi connectivity index (χ1n) is 5.91. The van der Waals surface area contributed by atoms with Gasteiger partial charge in [0.25, 0.3) is 0 Å². The summed E-state index contributed by atoms with van der Waals surface area (Å²) in [6.45, 7) is 5.72. The van der Waals surface area contributed by atoms with Crippen molar-refractivity contribution in [2.75, 3.05) is 32.7 Å². The molecule has 0 unspecified atom stereocenters. The van der Waals surface area contributed by atoms with E-state index in [1.165, 1.54) is 31.5 Å². The van der Waals surface area contributed by atoms with Crippen molar-refractivity contribution in [2.24, 2.45) is 0 Å². The van der Waals surface area contributed by atoms with Crippen LogP contribution >= 0.6 is 0 Å². The Morgan fingerprint density at radius 2 is 2.13 bits per heavy atom. The zero-order chi connectivity index (χ0) is 10.3. The lowest BCUT2D eigenvalue weighted by atomic mass is 10.1. The summed E-state index contributed by atoms with van der Waals surface area (Å²) in [6, 6.07) is 0. The number of nitrogens with one attached hydrogen (secondary N) is 1. The van der Waals surface area contributed by atoms with E-state index in [2.05, 4.69) is 40.6 Å². The van der Waals surface area contributed by atoms with E-state index in [0.29, 0.717) is 0 Å². The maximum absolute atomic E-state index is 3.37. The van der Waals surface area contributed by atoms with E-state index in [4.69, 9.17) is 0 Å². The summed E-state index contributed by atoms with van der Waals surface area (Å²) in [6.07, 6.45) is 13.7. The molecule has 82 valence electrons. The van der Waals surface area contributed by atoms with Crippen LogP contribution in [0.15, 0.2) is 36.0 Å². The second-order valence-corrected chi connectivity index (χ2v) is 4.14. The minimum Gasteiger partial charge on any atom is -0.314 e. The molecule has 0 amide bonds. The van der Waals surface area contributed by atoms with Gasteiger partial charge in [0.15, 0.2) is 0 Å². The molecule has 2 nitrogen and oxygen atoms in total. The van der Waals surface area contributed by atoms with Crippen molar-refractivity contribution in [3.05, 3.63) is 36.0 Å². The third kappa shape index (κ3) is 3.65. The van der Waals surface area contributed by atoms with Crippen molar-refractivity contribution >= 4 is 0 Å². The van der Waals surface area contributed by atoms with Gasteiger partial charge in [0.2, 0.25) is 0 Å². The lowest BCUT2D eigenvalue weighted by molar-refractivity contribution is 0.265. The van der Waals surface area contributed by atoms with Crippen LogP contribution in [-0.4, -0.2) is 37.6 Å². The minimum absolute atomic E-state index is 1.09. The Bertz CT molecular complexity index is 270. The van der Waals surface area contributed by atoms with Gasteiger partial charge in [-0.05, 0) is 18.4 Å². The fourth-order valence-corrected chi connectivity index (χ4v) is 1.99. The summed E-state index contributed by atoms with van der Waals surface area (Å²) in [5.41, 5.74) is 1.37. The van der Waals surface area contributed by atoms with Crippen molar-refractivity contribution in [3.63, 3.8) is 0 Å². The van der Waals surface area contributed by atoms with E-state index < -0.39 is 0 Å². The van der Waals surface area contributed by atoms with E-state index in [-0.39, 0.29) is 0 Å². The third-order valence-electron chi connectivity index (χ3n) is 2.91. The van der Waals surface area contributed by atoms with E-state index >= 15 is 0 Å². The summed E-state index contributed by atoms with van der Waals surface area (Å²) in [7, 11) is 0. The molecule has 1 N–H and O–H groups in total. The van der Waals surface area contributed by atoms with Gasteiger partial charge in [-0.2, -0.15) is 0 Å². The molecule has 0 bridgehead atoms. The minimum atomic E-state index is 1.09. The number of allylic oxidation sites excluding steroid dienone is 5. The topological polar surface area (TPSA) is 15.3 Å². The third-order valence-corrected chi connectivity index (χ3v) is 2.91. The molecule has 0 aromatic rings. The van der Waals surface area contributed by atoms with E-state index in [1.807, 2.05) is 0 Å². The molecule has 1 heterocycles. The zero-order valence-corrected chi connectivity index (χ0v) is 9.28. The second-order valence-electron chi connectivity index (χ2n) is 4.14. The lowest BCUT2D eigenvalue weighted by Crippen LogP contribution is -2.43. The average Bonchev–Trinajstić information content (AvgIpc) is 2.32. The van der Waals surface area contributed by atoms with Gasteiger partial charge in [0.05, 0.1) is 0 Å². The van der Waals surface area contributed by atoms with Crippen molar-refractivity contribution in [1.82, 2.24) is 10.2 Å². The normalized spacial score (nSPS) is 23.3. The Balaban J connectivity index is 1.74. The highest BCUT2D eigenvalue weighted by Gasteiger charge is 2.06. The molecule has 2 heteroatoms. The highest BCUT2D eigenvalue weighted by molar-refractivity contribution is 5.32. The Kier molecular flexibility index (Phi) is 4.18. The molecule has 1 fully saturated rings. The van der Waals surface area contributed by atoms with Gasteiger partial charge in [0.1, 0.15) is 0 Å². The van der Waals surface area contributed by atoms with Crippen molar-refractivity contribution in [2.45, 2.75) is 12.8 Å². The Morgan fingerprint density at radius 1 is 1.27 bits per heavy atom. The van der Waals surface area contributed by atoms with Gasteiger partial charge in [-0.3, -0.25) is 4.90 Å². The molecular weight excluding hydrogens is 184 g/mol. The standard InChI is InChI=1S/C13H20N2/c1-2-5-13(6-3-1)7-4-10-15-11-8-14-9-12-15/h2,4-7,14H,1,3,8-12H2/b7-4+. The van der Waals surface area contributed by atoms with E-state index in [9.17, 15) is 0 Å². The maximum Gasteiger partial charge on any atom is 0.0167 e. The van der Waals surface area contributed by atoms with Gasteiger partial charge >= 0.3 is 0 Å². The second kappa shape index (κ2) is 5.89. The summed E-state index contributed by atoms with van der Waals surface area (Å²) in [5.74, 6) is 0. The molecule has 15 heavy (non-hydrogen) atoms. The Morgan fingerprint density at radius 3 is 2.87 bits per heavy atom. The molecule has 1 saturated heterocycles. The number of hydrogen-bond donors (Lipinski definition) is 1. The van der Waals surface area contributed by atoms with Crippen molar-refractivity contribution in [3.8, 4) is 0 Å². The van der Waals surface area contributed by atoms with Crippen LogP contribution in [0.25, 0.3) is 0 Å². The van der Waals surface area contributed by atoms with E-state index in [0.717, 1.165) is 19.6 Å². The number of piperazine rings is 1. The molecule has 1 aliphatic heterocycles. The predicted molar refractivity (Wildman–Crippen MR) is 64.9 cm³/mol. The van der Waals surface area contributed by atoms with Gasteiger partial charge in [0, 0.05) is 32.7 Å². The van der Waals surface area contributed by atoms with Crippen LogP contribution in [0.4, 0.5) is 0 Å². The van der Waals surface area contributed by atoms with Crippen LogP contribution in [0.5, 0.6) is 0 Å². The molecule has 2 rings (SSSR count). The SMILES string of the molecule is C1=CC(/C=C/CN2CCNCC2)=CCC1. The molecule has 0 aromatic heterocycles. The highest BCUT2D eigenvalue weighted by atomic mass is 15.2. The van der Waals surface area contributed by atoms with Crippen LogP contribution in [0.1, 0.15) is 12.8 Å². The highest BCUT2D eigenvalue weighted by Crippen LogP contribution is 2.10. The summed E-state index contributed by atoms with van der Waals surface area (Å²) < 4.78 is 0. The van der Waals surface area contributed by atoms with Crippen LogP contribution in [0.3, 0.4) is 0 Å². The predicted octanol–water partition coefficient (Wildman–Crippen LogP) is 1.72. The largest absolute Gasteiger partial charge is 0.314 e. The monoisotopic (exact) mass is 204 g/mol. The first-order valence-corrected chi connectivity index (χ1v) is 5.91. The summed E-state index contributed by atoms with van der Waals surface area (Å²) in [4.78, 5) is 2.49. The molecule has 1 aliphatic carbocycles. The fourth-order valence-electron chi connectivity index (χ4n) is 1.99. The number of nitrogens with zero attached hydrogens (tertiary/aromatic N) is 1. The molecule has 0 aromatic carbocycles.